The molecule has 1 aliphatic carbocycles. The number of benzene rings is 1. The molecule has 0 aliphatic heterocycles. The summed E-state index contributed by atoms with van der Waals surface area (Å²) in [4.78, 5) is 12.3. The average molecular weight is 269 g/mol. The van der Waals surface area contributed by atoms with E-state index in [1.807, 2.05) is 6.07 Å². The van der Waals surface area contributed by atoms with Gasteiger partial charge in [0.05, 0.1) is 30.5 Å². The number of rotatable bonds is 3. The second-order valence-electron chi connectivity index (χ2n) is 4.88. The van der Waals surface area contributed by atoms with E-state index in [1.165, 1.54) is 7.11 Å². The Kier molecular flexibility index (Phi) is 3.91. The van der Waals surface area contributed by atoms with Crippen LogP contribution in [0, 0.1) is 28.1 Å². The minimum Gasteiger partial charge on any atom is -0.495 e. The van der Waals surface area contributed by atoms with Gasteiger partial charge in [0.15, 0.2) is 0 Å². The second kappa shape index (κ2) is 5.63. The van der Waals surface area contributed by atoms with E-state index in [4.69, 9.17) is 10.00 Å². The van der Waals surface area contributed by atoms with Gasteiger partial charge in [0.1, 0.15) is 11.2 Å². The summed E-state index contributed by atoms with van der Waals surface area (Å²) in [5.41, 5.74) is 0.00701. The highest BCUT2D eigenvalue weighted by atomic mass is 16.5. The first-order valence-electron chi connectivity index (χ1n) is 6.46. The number of hydrogen-bond acceptors (Lipinski definition) is 4. The molecule has 1 fully saturated rings. The van der Waals surface area contributed by atoms with Gasteiger partial charge in [0, 0.05) is 6.07 Å². The van der Waals surface area contributed by atoms with Gasteiger partial charge in [-0.3, -0.25) is 4.79 Å². The highest BCUT2D eigenvalue weighted by Gasteiger charge is 2.41. The standard InChI is InChI=1S/C15H15N3O2/c1-20-13-8-11(9-16)4-5-12(13)18-14(19)15(10-17)6-2-3-7-15/h4-5,8H,2-3,6-7H2,1H3,(H,18,19). The molecule has 0 aromatic heterocycles. The van der Waals surface area contributed by atoms with E-state index in [0.717, 1.165) is 12.8 Å². The zero-order valence-corrected chi connectivity index (χ0v) is 11.3. The topological polar surface area (TPSA) is 85.9 Å². The number of carbonyl (C=O) groups is 1. The van der Waals surface area contributed by atoms with Crippen molar-refractivity contribution in [2.75, 3.05) is 12.4 Å². The molecule has 1 N–H and O–H groups in total. The maximum atomic E-state index is 12.3. The van der Waals surface area contributed by atoms with E-state index in [2.05, 4.69) is 11.4 Å². The number of carbonyl (C=O) groups excluding carboxylic acids is 1. The number of nitrogens with one attached hydrogen (secondary N) is 1. The Morgan fingerprint density at radius 2 is 2.05 bits per heavy atom. The van der Waals surface area contributed by atoms with E-state index >= 15 is 0 Å². The third kappa shape index (κ3) is 2.44. The van der Waals surface area contributed by atoms with Crippen molar-refractivity contribution in [2.24, 2.45) is 5.41 Å². The number of anilines is 1. The average Bonchev–Trinajstić information content (AvgIpc) is 2.97. The lowest BCUT2D eigenvalue weighted by molar-refractivity contribution is -0.122. The van der Waals surface area contributed by atoms with Crippen LogP contribution in [0.3, 0.4) is 0 Å². The van der Waals surface area contributed by atoms with E-state index in [-0.39, 0.29) is 5.91 Å². The lowest BCUT2D eigenvalue weighted by atomic mass is 9.87. The molecule has 1 aliphatic rings. The van der Waals surface area contributed by atoms with Gasteiger partial charge in [-0.25, -0.2) is 0 Å². The van der Waals surface area contributed by atoms with Gasteiger partial charge >= 0.3 is 0 Å². The molecule has 1 aromatic carbocycles. The van der Waals surface area contributed by atoms with Crippen LogP contribution < -0.4 is 10.1 Å². The Bertz CT molecular complexity index is 605. The van der Waals surface area contributed by atoms with Crippen LogP contribution in [0.25, 0.3) is 0 Å². The molecule has 102 valence electrons. The van der Waals surface area contributed by atoms with Crippen molar-refractivity contribution in [2.45, 2.75) is 25.7 Å². The van der Waals surface area contributed by atoms with Crippen LogP contribution in [-0.4, -0.2) is 13.0 Å². The Hall–Kier alpha value is -2.53. The van der Waals surface area contributed by atoms with Crippen LogP contribution in [0.1, 0.15) is 31.2 Å². The Labute approximate surface area is 117 Å². The third-order valence-electron chi connectivity index (χ3n) is 3.68. The number of nitrogens with zero attached hydrogens (tertiary/aromatic N) is 2. The van der Waals surface area contributed by atoms with E-state index in [0.29, 0.717) is 29.8 Å². The van der Waals surface area contributed by atoms with Crippen molar-refractivity contribution in [1.29, 1.82) is 10.5 Å². The van der Waals surface area contributed by atoms with Crippen molar-refractivity contribution in [3.8, 4) is 17.9 Å². The predicted molar refractivity (Wildman–Crippen MR) is 72.9 cm³/mol. The molecule has 0 spiro atoms. The predicted octanol–water partition coefficient (Wildman–Crippen LogP) is 2.59. The van der Waals surface area contributed by atoms with Crippen molar-refractivity contribution in [1.82, 2.24) is 0 Å². The van der Waals surface area contributed by atoms with E-state index in [1.54, 1.807) is 18.2 Å². The first-order chi connectivity index (χ1) is 9.65. The molecule has 2 rings (SSSR count). The molecule has 0 unspecified atom stereocenters. The van der Waals surface area contributed by atoms with Gasteiger partial charge in [0.2, 0.25) is 5.91 Å². The van der Waals surface area contributed by atoms with Gasteiger partial charge in [-0.05, 0) is 25.0 Å². The van der Waals surface area contributed by atoms with Gasteiger partial charge in [-0.2, -0.15) is 10.5 Å². The first kappa shape index (κ1) is 13.9. The molecule has 1 saturated carbocycles. The molecular formula is C15H15N3O2. The van der Waals surface area contributed by atoms with Crippen LogP contribution in [0.2, 0.25) is 0 Å². The van der Waals surface area contributed by atoms with Crippen LogP contribution in [-0.2, 0) is 4.79 Å². The monoisotopic (exact) mass is 269 g/mol. The number of amides is 1. The summed E-state index contributed by atoms with van der Waals surface area (Å²) in [5.74, 6) is 0.129. The number of nitriles is 2. The fraction of sp³-hybridized carbons (Fsp3) is 0.400. The third-order valence-corrected chi connectivity index (χ3v) is 3.68. The van der Waals surface area contributed by atoms with Gasteiger partial charge in [-0.1, -0.05) is 12.8 Å². The zero-order chi connectivity index (χ0) is 14.6. The smallest absolute Gasteiger partial charge is 0.244 e. The minimum atomic E-state index is -0.932. The molecule has 20 heavy (non-hydrogen) atoms. The fourth-order valence-electron chi connectivity index (χ4n) is 2.47. The van der Waals surface area contributed by atoms with Crippen molar-refractivity contribution < 1.29 is 9.53 Å². The van der Waals surface area contributed by atoms with Crippen LogP contribution in [0.5, 0.6) is 5.75 Å². The molecule has 1 aromatic rings. The van der Waals surface area contributed by atoms with Gasteiger partial charge in [0.25, 0.3) is 0 Å². The summed E-state index contributed by atoms with van der Waals surface area (Å²) in [7, 11) is 1.47. The molecule has 5 heteroatoms. The lowest BCUT2D eigenvalue weighted by Crippen LogP contribution is -2.32. The van der Waals surface area contributed by atoms with Crippen molar-refractivity contribution in [3.63, 3.8) is 0 Å². The molecular weight excluding hydrogens is 254 g/mol. The minimum absolute atomic E-state index is 0.291. The van der Waals surface area contributed by atoms with Crippen LogP contribution in [0.15, 0.2) is 18.2 Å². The summed E-state index contributed by atoms with van der Waals surface area (Å²) in [6.45, 7) is 0. The maximum absolute atomic E-state index is 12.3. The van der Waals surface area contributed by atoms with Crippen LogP contribution >= 0.6 is 0 Å². The van der Waals surface area contributed by atoms with E-state index in [9.17, 15) is 10.1 Å². The molecule has 5 nitrogen and oxygen atoms in total. The number of hydrogen-bond donors (Lipinski definition) is 1. The number of ether oxygens (including phenoxy) is 1. The summed E-state index contributed by atoms with van der Waals surface area (Å²) < 4.78 is 5.17. The van der Waals surface area contributed by atoms with Crippen molar-refractivity contribution in [3.05, 3.63) is 23.8 Å². The van der Waals surface area contributed by atoms with Crippen LogP contribution in [0.4, 0.5) is 5.69 Å². The lowest BCUT2D eigenvalue weighted by Gasteiger charge is -2.20. The largest absolute Gasteiger partial charge is 0.495 e. The van der Waals surface area contributed by atoms with Gasteiger partial charge in [-0.15, -0.1) is 0 Å². The highest BCUT2D eigenvalue weighted by molar-refractivity contribution is 5.98. The summed E-state index contributed by atoms with van der Waals surface area (Å²) in [6, 6.07) is 8.95. The summed E-state index contributed by atoms with van der Waals surface area (Å²) in [6.07, 6.45) is 2.97. The first-order valence-corrected chi connectivity index (χ1v) is 6.46. The maximum Gasteiger partial charge on any atom is 0.244 e. The molecule has 0 saturated heterocycles. The zero-order valence-electron chi connectivity index (χ0n) is 11.3. The number of methoxy groups -OCH3 is 1. The summed E-state index contributed by atoms with van der Waals surface area (Å²) >= 11 is 0. The van der Waals surface area contributed by atoms with Gasteiger partial charge < -0.3 is 10.1 Å². The molecule has 0 bridgehead atoms. The van der Waals surface area contributed by atoms with E-state index < -0.39 is 5.41 Å². The molecule has 0 atom stereocenters. The van der Waals surface area contributed by atoms with Crippen molar-refractivity contribution >= 4 is 11.6 Å². The SMILES string of the molecule is COc1cc(C#N)ccc1NC(=O)C1(C#N)CCCC1. The Morgan fingerprint density at radius 1 is 1.35 bits per heavy atom. The fourth-order valence-corrected chi connectivity index (χ4v) is 2.47. The normalized spacial score (nSPS) is 15.9. The summed E-state index contributed by atoms with van der Waals surface area (Å²) in [5, 5.41) is 20.9. The molecule has 1 amide bonds. The Morgan fingerprint density at radius 3 is 2.60 bits per heavy atom. The highest BCUT2D eigenvalue weighted by Crippen LogP contribution is 2.39. The second-order valence-corrected chi connectivity index (χ2v) is 4.88. The quantitative estimate of drug-likeness (QED) is 0.913. The Balaban J connectivity index is 2.24. The molecule has 0 radical (unpaired) electrons. The molecule has 0 heterocycles.